The van der Waals surface area contributed by atoms with E-state index >= 15 is 0 Å². The van der Waals surface area contributed by atoms with Gasteiger partial charge in [-0.1, -0.05) is 18.7 Å². The number of rotatable bonds is 5. The molecule has 1 atom stereocenters. The van der Waals surface area contributed by atoms with Crippen LogP contribution in [0.2, 0.25) is 0 Å². The van der Waals surface area contributed by atoms with Crippen LogP contribution in [0, 0.1) is 0 Å². The van der Waals surface area contributed by atoms with E-state index in [0.29, 0.717) is 0 Å². The summed E-state index contributed by atoms with van der Waals surface area (Å²) < 4.78 is 0. The van der Waals surface area contributed by atoms with Crippen molar-refractivity contribution in [3.8, 4) is 0 Å². The second-order valence-corrected chi connectivity index (χ2v) is 2.49. The molecule has 0 heterocycles. The molecule has 13 heavy (non-hydrogen) atoms. The molecule has 0 spiro atoms. The normalized spacial score (nSPS) is 14.4. The summed E-state index contributed by atoms with van der Waals surface area (Å²) in [6, 6.07) is -0.901. The fraction of sp³-hybridized carbons (Fsp3) is 0.222. The van der Waals surface area contributed by atoms with Crippen molar-refractivity contribution in [3.63, 3.8) is 0 Å². The van der Waals surface area contributed by atoms with Gasteiger partial charge in [0.2, 0.25) is 0 Å². The summed E-state index contributed by atoms with van der Waals surface area (Å²) in [6.07, 6.45) is 6.42. The zero-order valence-electron chi connectivity index (χ0n) is 7.31. The summed E-state index contributed by atoms with van der Waals surface area (Å²) in [5.41, 5.74) is 11.2. The highest BCUT2D eigenvalue weighted by atomic mass is 16.4. The maximum Gasteiger partial charge on any atom is 0.320 e. The van der Waals surface area contributed by atoms with Crippen LogP contribution in [0.1, 0.15) is 6.42 Å². The van der Waals surface area contributed by atoms with Gasteiger partial charge in [0.1, 0.15) is 6.04 Å². The predicted molar refractivity (Wildman–Crippen MR) is 51.8 cm³/mol. The molecule has 0 saturated heterocycles. The van der Waals surface area contributed by atoms with Gasteiger partial charge >= 0.3 is 5.97 Å². The van der Waals surface area contributed by atoms with Gasteiger partial charge in [0, 0.05) is 0 Å². The van der Waals surface area contributed by atoms with E-state index in [1.165, 1.54) is 6.20 Å². The Morgan fingerprint density at radius 3 is 2.62 bits per heavy atom. The lowest BCUT2D eigenvalue weighted by atomic mass is 10.1. The van der Waals surface area contributed by atoms with E-state index in [0.717, 1.165) is 5.57 Å². The van der Waals surface area contributed by atoms with Crippen molar-refractivity contribution in [1.82, 2.24) is 0 Å². The first-order valence-electron chi connectivity index (χ1n) is 3.80. The van der Waals surface area contributed by atoms with Gasteiger partial charge in [-0.25, -0.2) is 0 Å². The number of allylic oxidation sites excluding steroid dienone is 3. The fourth-order valence-electron chi connectivity index (χ4n) is 0.808. The Labute approximate surface area is 77.2 Å². The third-order valence-electron chi connectivity index (χ3n) is 1.42. The lowest BCUT2D eigenvalue weighted by Crippen LogP contribution is -2.30. The molecule has 0 unspecified atom stereocenters. The molecule has 72 valence electrons. The van der Waals surface area contributed by atoms with Crippen molar-refractivity contribution in [2.75, 3.05) is 0 Å². The molecule has 0 aromatic heterocycles. The molecule has 4 nitrogen and oxygen atoms in total. The topological polar surface area (TPSA) is 89.3 Å². The van der Waals surface area contributed by atoms with Gasteiger partial charge in [0.05, 0.1) is 0 Å². The van der Waals surface area contributed by atoms with Crippen molar-refractivity contribution in [1.29, 1.82) is 0 Å². The Balaban J connectivity index is 4.34. The fourth-order valence-corrected chi connectivity index (χ4v) is 0.808. The highest BCUT2D eigenvalue weighted by Crippen LogP contribution is 2.05. The van der Waals surface area contributed by atoms with Crippen LogP contribution in [0.3, 0.4) is 0 Å². The van der Waals surface area contributed by atoms with Crippen molar-refractivity contribution < 1.29 is 9.90 Å². The van der Waals surface area contributed by atoms with E-state index in [-0.39, 0.29) is 6.42 Å². The molecule has 5 N–H and O–H groups in total. The van der Waals surface area contributed by atoms with Crippen LogP contribution in [0.5, 0.6) is 0 Å². The summed E-state index contributed by atoms with van der Waals surface area (Å²) in [5, 5.41) is 8.53. The highest BCUT2D eigenvalue weighted by molar-refractivity contribution is 5.73. The van der Waals surface area contributed by atoms with Crippen molar-refractivity contribution in [2.24, 2.45) is 11.5 Å². The Morgan fingerprint density at radius 1 is 1.62 bits per heavy atom. The van der Waals surface area contributed by atoms with E-state index in [1.807, 2.05) is 0 Å². The van der Waals surface area contributed by atoms with Crippen molar-refractivity contribution in [2.45, 2.75) is 12.5 Å². The van der Waals surface area contributed by atoms with Crippen LogP contribution in [-0.2, 0) is 4.79 Å². The number of carboxylic acid groups (broad SMARTS) is 1. The molecule has 0 amide bonds. The number of carboxylic acids is 1. The maximum atomic E-state index is 10.4. The van der Waals surface area contributed by atoms with Crippen LogP contribution in [0.15, 0.2) is 36.6 Å². The number of hydrogen-bond donors (Lipinski definition) is 3. The molecular formula is C9H14N2O2. The summed E-state index contributed by atoms with van der Waals surface area (Å²) in [5.74, 6) is -1.03. The molecular weight excluding hydrogens is 168 g/mol. The van der Waals surface area contributed by atoms with E-state index < -0.39 is 12.0 Å². The minimum atomic E-state index is -1.03. The van der Waals surface area contributed by atoms with Crippen LogP contribution >= 0.6 is 0 Å². The number of nitrogens with two attached hydrogens (primary N) is 2. The van der Waals surface area contributed by atoms with Gasteiger partial charge in [0.15, 0.2) is 0 Å². The van der Waals surface area contributed by atoms with Crippen molar-refractivity contribution >= 4 is 5.97 Å². The number of carbonyl (C=O) groups is 1. The Bertz CT molecular complexity index is 244. The second-order valence-electron chi connectivity index (χ2n) is 2.49. The van der Waals surface area contributed by atoms with E-state index in [2.05, 4.69) is 6.58 Å². The van der Waals surface area contributed by atoms with Crippen molar-refractivity contribution in [3.05, 3.63) is 36.6 Å². The third-order valence-corrected chi connectivity index (χ3v) is 1.42. The largest absolute Gasteiger partial charge is 0.480 e. The zero-order chi connectivity index (χ0) is 10.3. The number of hydrogen-bond acceptors (Lipinski definition) is 3. The van der Waals surface area contributed by atoms with Crippen LogP contribution < -0.4 is 11.5 Å². The van der Waals surface area contributed by atoms with Crippen LogP contribution in [-0.4, -0.2) is 17.1 Å². The average Bonchev–Trinajstić information content (AvgIpc) is 2.05. The molecule has 0 aliphatic heterocycles. The molecule has 0 saturated carbocycles. The minimum absolute atomic E-state index is 0.245. The Hall–Kier alpha value is -1.55. The number of aliphatic carboxylic acids is 1. The molecule has 0 fully saturated rings. The molecule has 0 aromatic rings. The van der Waals surface area contributed by atoms with Gasteiger partial charge in [-0.3, -0.25) is 4.79 Å². The van der Waals surface area contributed by atoms with Crippen LogP contribution in [0.4, 0.5) is 0 Å². The van der Waals surface area contributed by atoms with Gasteiger partial charge < -0.3 is 16.6 Å². The van der Waals surface area contributed by atoms with Gasteiger partial charge in [0.25, 0.3) is 0 Å². The quantitative estimate of drug-likeness (QED) is 0.536. The Morgan fingerprint density at radius 2 is 2.23 bits per heavy atom. The second kappa shape index (κ2) is 6.02. The molecule has 0 aromatic carbocycles. The highest BCUT2D eigenvalue weighted by Gasteiger charge is 2.11. The standard InChI is InChI=1S/C9H14N2O2/c1-2-3-7(4-5-10)6-8(11)9(12)13/h2-5,8H,1,6,10-11H2,(H,12,13)/b5-4-,7-3+/t8-/m0/s1. The van der Waals surface area contributed by atoms with Gasteiger partial charge in [-0.05, 0) is 24.3 Å². The molecule has 0 aliphatic rings. The first kappa shape index (κ1) is 11.4. The lowest BCUT2D eigenvalue weighted by molar-refractivity contribution is -0.138. The minimum Gasteiger partial charge on any atom is -0.480 e. The monoisotopic (exact) mass is 182 g/mol. The molecule has 0 aliphatic carbocycles. The first-order valence-corrected chi connectivity index (χ1v) is 3.80. The van der Waals surface area contributed by atoms with E-state index in [4.69, 9.17) is 16.6 Å². The SMILES string of the molecule is C=C/C=C(\C=C/N)C[C@H](N)C(=O)O. The maximum absolute atomic E-state index is 10.4. The Kier molecular flexibility index (Phi) is 5.30. The predicted octanol–water partition coefficient (Wildman–Crippen LogP) is 0.373. The summed E-state index contributed by atoms with van der Waals surface area (Å²) in [7, 11) is 0. The molecule has 4 heteroatoms. The summed E-state index contributed by atoms with van der Waals surface area (Å²) >= 11 is 0. The van der Waals surface area contributed by atoms with E-state index in [1.54, 1.807) is 18.2 Å². The van der Waals surface area contributed by atoms with E-state index in [9.17, 15) is 4.79 Å². The molecule has 0 bridgehead atoms. The lowest BCUT2D eigenvalue weighted by Gasteiger charge is -2.05. The van der Waals surface area contributed by atoms with Gasteiger partial charge in [-0.2, -0.15) is 0 Å². The smallest absolute Gasteiger partial charge is 0.320 e. The summed E-state index contributed by atoms with van der Waals surface area (Å²) in [4.78, 5) is 10.4. The third kappa shape index (κ3) is 4.81. The molecule has 0 radical (unpaired) electrons. The first-order chi connectivity index (χ1) is 6.11. The van der Waals surface area contributed by atoms with Crippen LogP contribution in [0.25, 0.3) is 0 Å². The average molecular weight is 182 g/mol. The summed E-state index contributed by atoms with van der Waals surface area (Å²) in [6.45, 7) is 3.50. The zero-order valence-corrected chi connectivity index (χ0v) is 7.31. The van der Waals surface area contributed by atoms with Gasteiger partial charge in [-0.15, -0.1) is 0 Å². The molecule has 0 rings (SSSR count).